The van der Waals surface area contributed by atoms with E-state index < -0.39 is 89.6 Å². The smallest absolute Gasteiger partial charge is 0.243 e. The molecular formula is C46H69N13O9. The number of carbonyl (C=O) groups is 9. The Morgan fingerprint density at radius 1 is 0.500 bits per heavy atom. The minimum Gasteiger partial charge on any atom is -0.370 e. The summed E-state index contributed by atoms with van der Waals surface area (Å²) in [6.45, 7) is 1.91. The largest absolute Gasteiger partial charge is 0.370 e. The second-order valence-corrected chi connectivity index (χ2v) is 16.6. The van der Waals surface area contributed by atoms with Crippen LogP contribution < -0.4 is 66.3 Å². The van der Waals surface area contributed by atoms with Crippen molar-refractivity contribution in [1.29, 1.82) is 0 Å². The molecule has 1 heterocycles. The number of nitrogens with two attached hydrogens (primary N) is 6. The molecule has 8 amide bonds. The number of Topliss-reactive ketones (excluding diaryl/α,β-unsaturated/α-hetero) is 1. The Morgan fingerprint density at radius 2 is 0.912 bits per heavy atom. The van der Waals surface area contributed by atoms with Gasteiger partial charge in [-0.3, -0.25) is 43.2 Å². The first-order chi connectivity index (χ1) is 32.5. The maximum absolute atomic E-state index is 14.4. The summed E-state index contributed by atoms with van der Waals surface area (Å²) in [6.07, 6.45) is 2.04. The van der Waals surface area contributed by atoms with Gasteiger partial charge in [0.15, 0.2) is 5.78 Å². The van der Waals surface area contributed by atoms with Crippen LogP contribution in [-0.2, 0) is 56.0 Å². The summed E-state index contributed by atoms with van der Waals surface area (Å²) in [4.78, 5) is 122. The quantitative estimate of drug-likeness (QED) is 0.0309. The number of carbonyl (C=O) groups excluding carboxylic acids is 9. The molecule has 19 N–H and O–H groups in total. The summed E-state index contributed by atoms with van der Waals surface area (Å²) >= 11 is 0. The standard InChI is InChI=1S/C46H69N13O9/c1-27(60)32(14-7-21-47)54-46(68)38(25-29-26-53-33-13-6-5-12-30(29)33)59-43(65)35(16-9-23-49)57-45(67)37(24-28-10-3-2-4-11-28)58-42(64)34(15-8-22-48)56-44(66)36(18-20-40(52)62)55-41(63)31(50)17-19-39(51)61/h2-6,10-13,26,31-32,34-38,53H,7-9,14-25,47-50H2,1H3,(H2,51,61)(H2,52,62)(H,54,68)(H,55,63)(H,56,66)(H,57,67)(H,58,64)(H,59,65)/t31-,32-,34-,35-,36-,37-,38-/m0/s1. The maximum Gasteiger partial charge on any atom is 0.243 e. The molecule has 0 unspecified atom stereocenters. The first kappa shape index (κ1) is 55.6. The molecule has 3 rings (SSSR count). The van der Waals surface area contributed by atoms with Crippen LogP contribution in [0, 0.1) is 0 Å². The van der Waals surface area contributed by atoms with Crippen molar-refractivity contribution < 1.29 is 43.2 Å². The van der Waals surface area contributed by atoms with Gasteiger partial charge in [-0.15, -0.1) is 0 Å². The number of ketones is 1. The van der Waals surface area contributed by atoms with Gasteiger partial charge < -0.3 is 71.3 Å². The third-order valence-electron chi connectivity index (χ3n) is 11.2. The van der Waals surface area contributed by atoms with Gasteiger partial charge in [0, 0.05) is 42.8 Å². The fourth-order valence-corrected chi connectivity index (χ4v) is 7.29. The normalized spacial score (nSPS) is 14.2. The number of amides is 8. The van der Waals surface area contributed by atoms with Crippen molar-refractivity contribution in [2.24, 2.45) is 34.4 Å². The Morgan fingerprint density at radius 3 is 1.43 bits per heavy atom. The molecule has 0 bridgehead atoms. The van der Waals surface area contributed by atoms with Gasteiger partial charge in [-0.25, -0.2) is 0 Å². The van der Waals surface area contributed by atoms with Crippen LogP contribution in [0.5, 0.6) is 0 Å². The number of hydrogen-bond acceptors (Lipinski definition) is 13. The van der Waals surface area contributed by atoms with E-state index in [0.29, 0.717) is 24.1 Å². The Labute approximate surface area is 395 Å². The lowest BCUT2D eigenvalue weighted by atomic mass is 10.0. The zero-order valence-corrected chi connectivity index (χ0v) is 38.6. The minimum absolute atomic E-state index is 0.0123. The third kappa shape index (κ3) is 18.9. The zero-order valence-electron chi connectivity index (χ0n) is 38.6. The molecular weight excluding hydrogens is 879 g/mol. The van der Waals surface area contributed by atoms with Crippen LogP contribution in [0.25, 0.3) is 10.9 Å². The van der Waals surface area contributed by atoms with Gasteiger partial charge in [0.2, 0.25) is 47.3 Å². The molecule has 22 heteroatoms. The molecule has 0 radical (unpaired) electrons. The first-order valence-electron chi connectivity index (χ1n) is 22.8. The summed E-state index contributed by atoms with van der Waals surface area (Å²) in [5, 5.41) is 16.9. The van der Waals surface area contributed by atoms with E-state index in [0.717, 1.165) is 10.9 Å². The second-order valence-electron chi connectivity index (χ2n) is 16.6. The molecule has 0 aliphatic rings. The van der Waals surface area contributed by atoms with Gasteiger partial charge in [-0.1, -0.05) is 48.5 Å². The number of benzene rings is 2. The summed E-state index contributed by atoms with van der Waals surface area (Å²) in [5.41, 5.74) is 35.9. The molecule has 0 fully saturated rings. The Balaban J connectivity index is 1.93. The molecule has 0 aliphatic carbocycles. The second kappa shape index (κ2) is 29.1. The van der Waals surface area contributed by atoms with Gasteiger partial charge in [0.1, 0.15) is 30.2 Å². The molecule has 0 saturated carbocycles. The van der Waals surface area contributed by atoms with Gasteiger partial charge in [0.25, 0.3) is 0 Å². The number of aromatic amines is 1. The maximum atomic E-state index is 14.4. The Bertz CT molecular complexity index is 2170. The number of fused-ring (bicyclic) bond motifs is 1. The van der Waals surface area contributed by atoms with E-state index in [9.17, 15) is 43.2 Å². The van der Waals surface area contributed by atoms with Crippen LogP contribution in [-0.4, -0.2) is 120 Å². The number of para-hydroxylation sites is 1. The fourth-order valence-electron chi connectivity index (χ4n) is 7.29. The molecule has 0 saturated heterocycles. The number of nitrogens with one attached hydrogen (secondary N) is 7. The lowest BCUT2D eigenvalue weighted by Crippen LogP contribution is -2.60. The molecule has 7 atom stereocenters. The predicted octanol–water partition coefficient (Wildman–Crippen LogP) is -2.47. The van der Waals surface area contributed by atoms with Crippen LogP contribution in [0.4, 0.5) is 0 Å². The first-order valence-corrected chi connectivity index (χ1v) is 22.8. The van der Waals surface area contributed by atoms with Gasteiger partial charge in [-0.05, 0) is 95.1 Å². The molecule has 22 nitrogen and oxygen atoms in total. The highest BCUT2D eigenvalue weighted by Gasteiger charge is 2.34. The average molecular weight is 948 g/mol. The van der Waals surface area contributed by atoms with Gasteiger partial charge >= 0.3 is 0 Å². The summed E-state index contributed by atoms with van der Waals surface area (Å²) in [6, 6.07) is 7.47. The number of primary amides is 2. The zero-order chi connectivity index (χ0) is 50.2. The van der Waals surface area contributed by atoms with Crippen molar-refractivity contribution in [3.05, 3.63) is 71.9 Å². The summed E-state index contributed by atoms with van der Waals surface area (Å²) in [7, 11) is 0. The summed E-state index contributed by atoms with van der Waals surface area (Å²) in [5.74, 6) is -6.40. The third-order valence-corrected chi connectivity index (χ3v) is 11.2. The van der Waals surface area contributed by atoms with E-state index >= 15 is 0 Å². The van der Waals surface area contributed by atoms with Crippen LogP contribution in [0.2, 0.25) is 0 Å². The monoisotopic (exact) mass is 948 g/mol. The van der Waals surface area contributed by atoms with E-state index in [1.807, 2.05) is 24.3 Å². The van der Waals surface area contributed by atoms with Crippen molar-refractivity contribution in [3.63, 3.8) is 0 Å². The Hall–Kier alpha value is -6.75. The molecule has 2 aromatic carbocycles. The van der Waals surface area contributed by atoms with Crippen LogP contribution >= 0.6 is 0 Å². The van der Waals surface area contributed by atoms with E-state index in [-0.39, 0.29) is 89.5 Å². The van der Waals surface area contributed by atoms with E-state index in [1.165, 1.54) is 6.92 Å². The predicted molar refractivity (Wildman–Crippen MR) is 254 cm³/mol. The van der Waals surface area contributed by atoms with Crippen molar-refractivity contribution in [3.8, 4) is 0 Å². The molecule has 68 heavy (non-hydrogen) atoms. The average Bonchev–Trinajstić information content (AvgIpc) is 3.72. The lowest BCUT2D eigenvalue weighted by Gasteiger charge is -2.28. The highest BCUT2D eigenvalue weighted by atomic mass is 16.2. The topological polar surface area (TPSA) is 398 Å². The molecule has 0 aliphatic heterocycles. The number of aromatic nitrogens is 1. The van der Waals surface area contributed by atoms with Crippen LogP contribution in [0.15, 0.2) is 60.8 Å². The Kier molecular flexibility index (Phi) is 23.8. The number of rotatable bonds is 32. The van der Waals surface area contributed by atoms with Crippen LogP contribution in [0.1, 0.15) is 82.3 Å². The van der Waals surface area contributed by atoms with Crippen molar-refractivity contribution in [1.82, 2.24) is 36.9 Å². The number of H-pyrrole nitrogens is 1. The van der Waals surface area contributed by atoms with Crippen molar-refractivity contribution in [2.45, 2.75) is 126 Å². The van der Waals surface area contributed by atoms with E-state index in [2.05, 4.69) is 36.9 Å². The molecule has 372 valence electrons. The summed E-state index contributed by atoms with van der Waals surface area (Å²) < 4.78 is 0. The van der Waals surface area contributed by atoms with E-state index in [4.69, 9.17) is 34.4 Å². The highest BCUT2D eigenvalue weighted by molar-refractivity contribution is 5.98. The fraction of sp³-hybridized carbons (Fsp3) is 0.500. The molecule has 3 aromatic rings. The lowest BCUT2D eigenvalue weighted by molar-refractivity contribution is -0.135. The van der Waals surface area contributed by atoms with Crippen molar-refractivity contribution >= 4 is 63.9 Å². The van der Waals surface area contributed by atoms with Gasteiger partial charge in [-0.2, -0.15) is 0 Å². The SMILES string of the molecule is CC(=O)[C@H](CCCN)NC(=O)[C@H](Cc1c[nH]c2ccccc12)NC(=O)[C@H](CCCN)NC(=O)[C@H](Cc1ccccc1)NC(=O)[C@H](CCCN)NC(=O)[C@H](CCC(N)=O)NC(=O)[C@@H](N)CCC(N)=O. The minimum atomic E-state index is -1.39. The molecule has 0 spiro atoms. The van der Waals surface area contributed by atoms with Crippen molar-refractivity contribution in [2.75, 3.05) is 19.6 Å². The highest BCUT2D eigenvalue weighted by Crippen LogP contribution is 2.20. The van der Waals surface area contributed by atoms with Crippen LogP contribution in [0.3, 0.4) is 0 Å². The van der Waals surface area contributed by atoms with Gasteiger partial charge in [0.05, 0.1) is 12.1 Å². The molecule has 1 aromatic heterocycles. The number of hydrogen-bond donors (Lipinski definition) is 13. The van der Waals surface area contributed by atoms with E-state index in [1.54, 1.807) is 36.5 Å².